The number of carbonyl (C=O) groups excluding carboxylic acids is 1. The smallest absolute Gasteiger partial charge is 0.305 e. The molecule has 0 saturated carbocycles. The van der Waals surface area contributed by atoms with Gasteiger partial charge in [-0.2, -0.15) is 4.31 Å². The number of rotatable bonds is 10. The third-order valence-electron chi connectivity index (χ3n) is 3.93. The zero-order chi connectivity index (χ0) is 19.3. The topological polar surface area (TPSA) is 76.2 Å². The molecule has 0 amide bonds. The summed E-state index contributed by atoms with van der Waals surface area (Å²) in [6, 6.07) is 4.79. The van der Waals surface area contributed by atoms with Gasteiger partial charge < -0.3 is 9.47 Å². The summed E-state index contributed by atoms with van der Waals surface area (Å²) in [6.45, 7) is 5.29. The van der Waals surface area contributed by atoms with Gasteiger partial charge in [0.15, 0.2) is 0 Å². The Bertz CT molecular complexity index is 731. The molecule has 1 aromatic carbocycles. The number of halogens is 1. The number of ether oxygens (including phenoxy) is 2. The molecule has 0 radical (unpaired) electrons. The van der Waals surface area contributed by atoms with E-state index in [1.807, 2.05) is 13.8 Å². The van der Waals surface area contributed by atoms with Gasteiger partial charge in [0.1, 0.15) is 0 Å². The van der Waals surface area contributed by atoms with Crippen LogP contribution in [0.1, 0.15) is 32.3 Å². The highest BCUT2D eigenvalue weighted by Crippen LogP contribution is 2.24. The second kappa shape index (κ2) is 9.17. The van der Waals surface area contributed by atoms with Crippen LogP contribution in [0.25, 0.3) is 0 Å². The van der Waals surface area contributed by atoms with E-state index in [0.717, 1.165) is 5.56 Å². The zero-order valence-electron chi connectivity index (χ0n) is 15.4. The summed E-state index contributed by atoms with van der Waals surface area (Å²) in [7, 11) is -2.09. The van der Waals surface area contributed by atoms with Gasteiger partial charge in [-0.3, -0.25) is 4.79 Å². The fourth-order valence-corrected chi connectivity index (χ4v) is 4.04. The van der Waals surface area contributed by atoms with Gasteiger partial charge in [-0.25, -0.2) is 8.42 Å². The van der Waals surface area contributed by atoms with E-state index in [0.29, 0.717) is 50.0 Å². The number of carbonyl (C=O) groups is 1. The van der Waals surface area contributed by atoms with Crippen LogP contribution < -0.4 is 0 Å². The van der Waals surface area contributed by atoms with Crippen LogP contribution in [-0.2, 0) is 30.7 Å². The van der Waals surface area contributed by atoms with Gasteiger partial charge in [0.25, 0.3) is 0 Å². The second-order valence-electron chi connectivity index (χ2n) is 6.97. The Labute approximate surface area is 160 Å². The molecule has 1 heterocycles. The van der Waals surface area contributed by atoms with E-state index < -0.39 is 10.0 Å². The molecular formula is C18H26ClNO5S. The van der Waals surface area contributed by atoms with Gasteiger partial charge in [0.2, 0.25) is 10.0 Å². The highest BCUT2D eigenvalue weighted by Gasteiger charge is 2.30. The van der Waals surface area contributed by atoms with Crippen molar-refractivity contribution in [3.8, 4) is 0 Å². The van der Waals surface area contributed by atoms with E-state index in [2.05, 4.69) is 0 Å². The first-order valence-electron chi connectivity index (χ1n) is 8.71. The van der Waals surface area contributed by atoms with Gasteiger partial charge in [-0.15, -0.1) is 0 Å². The zero-order valence-corrected chi connectivity index (χ0v) is 17.0. The van der Waals surface area contributed by atoms with Crippen molar-refractivity contribution in [2.75, 3.05) is 26.8 Å². The monoisotopic (exact) mass is 403 g/mol. The van der Waals surface area contributed by atoms with Crippen molar-refractivity contribution in [3.05, 3.63) is 28.8 Å². The first-order valence-corrected chi connectivity index (χ1v) is 10.5. The Morgan fingerprint density at radius 2 is 2.08 bits per heavy atom. The van der Waals surface area contributed by atoms with E-state index in [1.54, 1.807) is 12.1 Å². The second-order valence-corrected chi connectivity index (χ2v) is 9.45. The average molecular weight is 404 g/mol. The Hall–Kier alpha value is -1.15. The maximum atomic E-state index is 12.7. The van der Waals surface area contributed by atoms with Crippen molar-refractivity contribution in [3.63, 3.8) is 0 Å². The summed E-state index contributed by atoms with van der Waals surface area (Å²) < 4.78 is 36.8. The molecule has 6 nitrogen and oxygen atoms in total. The minimum atomic E-state index is -3.62. The highest BCUT2D eigenvalue weighted by atomic mass is 35.5. The van der Waals surface area contributed by atoms with Crippen molar-refractivity contribution in [2.24, 2.45) is 5.92 Å². The van der Waals surface area contributed by atoms with Crippen molar-refractivity contribution >= 4 is 27.6 Å². The molecule has 8 heteroatoms. The van der Waals surface area contributed by atoms with Crippen LogP contribution in [-0.4, -0.2) is 51.6 Å². The first-order chi connectivity index (χ1) is 12.2. The van der Waals surface area contributed by atoms with Crippen LogP contribution in [0.3, 0.4) is 0 Å². The number of nitrogens with zero attached hydrogens (tertiary/aromatic N) is 1. The fourth-order valence-electron chi connectivity index (χ4n) is 2.42. The SMILES string of the molecule is CC(C)COC(=O)CCCc1cc(Cl)cc(S(=O)(=O)N(C)CC2CO2)c1. The third kappa shape index (κ3) is 6.54. The van der Waals surface area contributed by atoms with Crippen LogP contribution in [0.2, 0.25) is 5.02 Å². The van der Waals surface area contributed by atoms with E-state index in [-0.39, 0.29) is 17.0 Å². The van der Waals surface area contributed by atoms with E-state index in [4.69, 9.17) is 21.1 Å². The predicted molar refractivity (Wildman–Crippen MR) is 99.7 cm³/mol. The number of benzene rings is 1. The lowest BCUT2D eigenvalue weighted by Crippen LogP contribution is -2.30. The van der Waals surface area contributed by atoms with Crippen LogP contribution in [0.5, 0.6) is 0 Å². The molecule has 0 aromatic heterocycles. The van der Waals surface area contributed by atoms with E-state index in [9.17, 15) is 13.2 Å². The molecule has 1 aliphatic heterocycles. The van der Waals surface area contributed by atoms with Crippen LogP contribution >= 0.6 is 11.6 Å². The normalized spacial score (nSPS) is 16.9. The highest BCUT2D eigenvalue weighted by molar-refractivity contribution is 7.89. The van der Waals surface area contributed by atoms with Crippen LogP contribution in [0.4, 0.5) is 0 Å². The van der Waals surface area contributed by atoms with Gasteiger partial charge >= 0.3 is 5.97 Å². The Morgan fingerprint density at radius 1 is 1.38 bits per heavy atom. The van der Waals surface area contributed by atoms with Crippen LogP contribution in [0.15, 0.2) is 23.1 Å². The lowest BCUT2D eigenvalue weighted by Gasteiger charge is -2.17. The lowest BCUT2D eigenvalue weighted by atomic mass is 10.1. The Morgan fingerprint density at radius 3 is 2.69 bits per heavy atom. The number of epoxide rings is 1. The summed E-state index contributed by atoms with van der Waals surface area (Å²) in [4.78, 5) is 11.8. The standard InChI is InChI=1S/C18H26ClNO5S/c1-13(2)11-25-18(21)6-4-5-14-7-15(19)9-17(8-14)26(22,23)20(3)10-16-12-24-16/h7-9,13,16H,4-6,10-12H2,1-3H3. The fraction of sp³-hybridized carbons (Fsp3) is 0.611. The number of likely N-dealkylation sites (N-methyl/N-ethyl adjacent to an activating group) is 1. The quantitative estimate of drug-likeness (QED) is 0.443. The molecular weight excluding hydrogens is 378 g/mol. The average Bonchev–Trinajstić information content (AvgIpc) is 3.36. The van der Waals surface area contributed by atoms with E-state index >= 15 is 0 Å². The minimum absolute atomic E-state index is 0.0229. The largest absolute Gasteiger partial charge is 0.465 e. The number of hydrogen-bond donors (Lipinski definition) is 0. The molecule has 1 saturated heterocycles. The molecule has 0 aliphatic carbocycles. The molecule has 1 aliphatic rings. The molecule has 1 fully saturated rings. The van der Waals surface area contributed by atoms with Gasteiger partial charge in [-0.05, 0) is 42.5 Å². The summed E-state index contributed by atoms with van der Waals surface area (Å²) >= 11 is 6.11. The number of hydrogen-bond acceptors (Lipinski definition) is 5. The van der Waals surface area contributed by atoms with Crippen molar-refractivity contribution in [1.82, 2.24) is 4.31 Å². The molecule has 0 bridgehead atoms. The van der Waals surface area contributed by atoms with Crippen molar-refractivity contribution in [1.29, 1.82) is 0 Å². The Balaban J connectivity index is 1.97. The summed E-state index contributed by atoms with van der Waals surface area (Å²) in [5.74, 6) is 0.0652. The third-order valence-corrected chi connectivity index (χ3v) is 5.95. The molecule has 1 aromatic rings. The summed E-state index contributed by atoms with van der Waals surface area (Å²) in [6.07, 6.45) is 1.39. The molecule has 146 valence electrons. The van der Waals surface area contributed by atoms with Gasteiger partial charge in [0.05, 0.1) is 24.2 Å². The van der Waals surface area contributed by atoms with Gasteiger partial charge in [-0.1, -0.05) is 25.4 Å². The van der Waals surface area contributed by atoms with Gasteiger partial charge in [0, 0.05) is 25.0 Å². The van der Waals surface area contributed by atoms with Crippen molar-refractivity contribution < 1.29 is 22.7 Å². The molecule has 26 heavy (non-hydrogen) atoms. The number of esters is 1. The molecule has 0 N–H and O–H groups in total. The maximum Gasteiger partial charge on any atom is 0.305 e. The molecule has 1 atom stereocenters. The summed E-state index contributed by atoms with van der Waals surface area (Å²) in [5, 5.41) is 0.361. The van der Waals surface area contributed by atoms with E-state index in [1.165, 1.54) is 17.4 Å². The first kappa shape index (κ1) is 21.2. The molecule has 0 spiro atoms. The molecule has 2 rings (SSSR count). The van der Waals surface area contributed by atoms with Crippen molar-refractivity contribution in [2.45, 2.75) is 44.1 Å². The summed E-state index contributed by atoms with van der Waals surface area (Å²) in [5.41, 5.74) is 0.781. The minimum Gasteiger partial charge on any atom is -0.465 e. The maximum absolute atomic E-state index is 12.7. The van der Waals surface area contributed by atoms with Crippen LogP contribution in [0, 0.1) is 5.92 Å². The molecule has 1 unspecified atom stereocenters. The Kier molecular flexibility index (Phi) is 7.46. The number of aryl methyl sites for hydroxylation is 1. The predicted octanol–water partition coefficient (Wildman–Crippen LogP) is 2.88. The number of sulfonamides is 1. The lowest BCUT2D eigenvalue weighted by molar-refractivity contribution is -0.144.